The Labute approximate surface area is 71.2 Å². The van der Waals surface area contributed by atoms with Crippen LogP contribution >= 0.6 is 26.9 Å². The fourth-order valence-corrected chi connectivity index (χ4v) is 0.300. The van der Waals surface area contributed by atoms with Crippen molar-refractivity contribution in [3.05, 3.63) is 0 Å². The highest BCUT2D eigenvalue weighted by Gasteiger charge is 2.02. The van der Waals surface area contributed by atoms with Crippen LogP contribution in [0.1, 0.15) is 0 Å². The van der Waals surface area contributed by atoms with Gasteiger partial charge in [-0.1, -0.05) is 0 Å². The van der Waals surface area contributed by atoms with Gasteiger partial charge in [0.15, 0.2) is 0 Å². The van der Waals surface area contributed by atoms with Crippen LogP contribution in [0, 0.1) is 0 Å². The number of nitrogens with zero attached hydrogens (tertiary/aromatic N) is 1. The zero-order valence-electron chi connectivity index (χ0n) is 6.42. The molecule has 0 radical (unpaired) electrons. The lowest BCUT2D eigenvalue weighted by atomic mass is 10.5. The van der Waals surface area contributed by atoms with Crippen LogP contribution in [0.5, 0.6) is 0 Å². The number of rotatable bonds is 2. The summed E-state index contributed by atoms with van der Waals surface area (Å²) < 4.78 is 0.844. The van der Waals surface area contributed by atoms with Crippen molar-refractivity contribution in [2.24, 2.45) is 0 Å². The van der Waals surface area contributed by atoms with Gasteiger partial charge in [-0.15, -0.1) is 17.0 Å². The minimum atomic E-state index is 0. The number of likely N-dealkylation sites (N-methyl/N-ethyl adjacent to an activating group) is 1. The van der Waals surface area contributed by atoms with Gasteiger partial charge in [0, 0.05) is 0 Å². The highest BCUT2D eigenvalue weighted by atomic mass is 79.9. The summed E-state index contributed by atoms with van der Waals surface area (Å²) in [6.45, 7) is 1.11. The van der Waals surface area contributed by atoms with E-state index in [4.69, 9.17) is 5.11 Å². The Morgan fingerprint density at radius 3 is 1.56 bits per heavy atom. The minimum Gasteiger partial charge on any atom is -0.391 e. The second kappa shape index (κ2) is 6.94. The lowest BCUT2D eigenvalue weighted by Gasteiger charge is -2.21. The Morgan fingerprint density at radius 2 is 1.56 bits per heavy atom. The average molecular weight is 219 g/mol. The topological polar surface area (TPSA) is 20.2 Å². The van der Waals surface area contributed by atoms with Crippen molar-refractivity contribution in [1.82, 2.24) is 0 Å². The van der Waals surface area contributed by atoms with E-state index in [1.165, 1.54) is 0 Å². The Balaban J connectivity index is -0.000000180. The van der Waals surface area contributed by atoms with Crippen molar-refractivity contribution in [1.29, 1.82) is 0 Å². The molecule has 0 bridgehead atoms. The van der Waals surface area contributed by atoms with Crippen LogP contribution in [-0.4, -0.2) is 43.9 Å². The molecule has 0 aliphatic carbocycles. The predicted octanol–water partition coefficient (Wildman–Crippen LogP) is 0.321. The Morgan fingerprint density at radius 1 is 1.22 bits per heavy atom. The van der Waals surface area contributed by atoms with Crippen LogP contribution in [0.15, 0.2) is 0 Å². The quantitative estimate of drug-likeness (QED) is 0.523. The van der Waals surface area contributed by atoms with Crippen molar-refractivity contribution in [2.45, 2.75) is 0 Å². The molecule has 9 heavy (non-hydrogen) atoms. The fourth-order valence-electron chi connectivity index (χ4n) is 0.300. The van der Waals surface area contributed by atoms with E-state index in [1.54, 1.807) is 0 Å². The van der Waals surface area contributed by atoms with E-state index in [0.29, 0.717) is 0 Å². The number of aliphatic hydroxyl groups is 1. The van der Waals surface area contributed by atoms with Gasteiger partial charge in [0.1, 0.15) is 6.54 Å². The van der Waals surface area contributed by atoms with Gasteiger partial charge in [-0.2, -0.15) is 9.90 Å². The Hall–Kier alpha value is 0.830. The number of aliphatic hydroxyl groups excluding tert-OH is 1. The van der Waals surface area contributed by atoms with Crippen LogP contribution in [0.3, 0.4) is 0 Å². The van der Waals surface area contributed by atoms with Gasteiger partial charge >= 0.3 is 0 Å². The van der Waals surface area contributed by atoms with Crippen LogP contribution in [0.25, 0.3) is 0 Å². The molecule has 0 aliphatic heterocycles. The van der Waals surface area contributed by atoms with Gasteiger partial charge in [0.05, 0.1) is 27.7 Å². The third-order valence-corrected chi connectivity index (χ3v) is 0.771. The maximum atomic E-state index is 8.39. The molecular formula is C5H18BrNOP+. The molecule has 0 fully saturated rings. The molecule has 0 aliphatic rings. The molecule has 1 atom stereocenters. The maximum Gasteiger partial charge on any atom is 0.101 e. The number of quaternary nitrogens is 1. The Bertz CT molecular complexity index is 55.4. The van der Waals surface area contributed by atoms with Crippen LogP contribution < -0.4 is 0 Å². The van der Waals surface area contributed by atoms with E-state index in [9.17, 15) is 0 Å². The minimum absolute atomic E-state index is 0. The highest BCUT2D eigenvalue weighted by molar-refractivity contribution is 8.93. The number of halogens is 1. The molecule has 0 aromatic carbocycles. The van der Waals surface area contributed by atoms with E-state index in [2.05, 4.69) is 21.1 Å². The fraction of sp³-hybridized carbons (Fsp3) is 1.00. The molecule has 0 aromatic heterocycles. The molecule has 1 N–H and O–H groups in total. The van der Waals surface area contributed by atoms with Gasteiger partial charge < -0.3 is 9.59 Å². The molecule has 0 heterocycles. The molecular weight excluding hydrogens is 201 g/mol. The molecule has 0 saturated carbocycles. The second-order valence-electron chi connectivity index (χ2n) is 2.74. The van der Waals surface area contributed by atoms with E-state index >= 15 is 0 Å². The lowest BCUT2D eigenvalue weighted by Crippen LogP contribution is -2.36. The standard InChI is InChI=1S/C5H14NO.BrH.H3P/c1-6(2,3)4-5-7;;/h7H,4-5H2,1-3H3;1H;1H3/q+1;;. The van der Waals surface area contributed by atoms with Crippen molar-refractivity contribution >= 4 is 26.9 Å². The largest absolute Gasteiger partial charge is 0.391 e. The van der Waals surface area contributed by atoms with Crippen LogP contribution in [0.2, 0.25) is 0 Å². The van der Waals surface area contributed by atoms with Gasteiger partial charge in [0.2, 0.25) is 0 Å². The van der Waals surface area contributed by atoms with Gasteiger partial charge in [0.25, 0.3) is 0 Å². The highest BCUT2D eigenvalue weighted by Crippen LogP contribution is 1.84. The summed E-state index contributed by atoms with van der Waals surface area (Å²) in [5, 5.41) is 8.39. The third kappa shape index (κ3) is 17.7. The molecule has 60 valence electrons. The molecule has 1 unspecified atom stereocenters. The normalized spacial score (nSPS) is 9.33. The first kappa shape index (κ1) is 16.4. The summed E-state index contributed by atoms with van der Waals surface area (Å²) in [4.78, 5) is 0. The first-order chi connectivity index (χ1) is 3.06. The monoisotopic (exact) mass is 218 g/mol. The smallest absolute Gasteiger partial charge is 0.101 e. The molecule has 0 amide bonds. The van der Waals surface area contributed by atoms with Gasteiger partial charge in [-0.05, 0) is 0 Å². The summed E-state index contributed by atoms with van der Waals surface area (Å²) in [6, 6.07) is 0. The van der Waals surface area contributed by atoms with E-state index in [1.807, 2.05) is 0 Å². The van der Waals surface area contributed by atoms with Crippen molar-refractivity contribution in [3.63, 3.8) is 0 Å². The summed E-state index contributed by atoms with van der Waals surface area (Å²) in [7, 11) is 6.16. The summed E-state index contributed by atoms with van der Waals surface area (Å²) in [6.07, 6.45) is 0. The summed E-state index contributed by atoms with van der Waals surface area (Å²) in [5.41, 5.74) is 0. The lowest BCUT2D eigenvalue weighted by molar-refractivity contribution is -0.870. The first-order valence-corrected chi connectivity index (χ1v) is 2.47. The van der Waals surface area contributed by atoms with E-state index in [0.717, 1.165) is 11.0 Å². The first-order valence-electron chi connectivity index (χ1n) is 2.47. The molecule has 0 rings (SSSR count). The molecule has 0 aromatic rings. The van der Waals surface area contributed by atoms with Gasteiger partial charge in [-0.25, -0.2) is 0 Å². The van der Waals surface area contributed by atoms with Crippen molar-refractivity contribution in [3.8, 4) is 0 Å². The van der Waals surface area contributed by atoms with E-state index in [-0.39, 0.29) is 33.5 Å². The summed E-state index contributed by atoms with van der Waals surface area (Å²) >= 11 is 0. The predicted molar refractivity (Wildman–Crippen MR) is 51.4 cm³/mol. The molecule has 4 heteroatoms. The maximum absolute atomic E-state index is 8.39. The zero-order chi connectivity index (χ0) is 5.91. The molecule has 2 nitrogen and oxygen atoms in total. The summed E-state index contributed by atoms with van der Waals surface area (Å²) in [5.74, 6) is 0. The Kier molecular flexibility index (Phi) is 12.7. The molecule has 0 saturated heterocycles. The SMILES string of the molecule is Br.C[N+](C)(C)CCO.P. The molecule has 0 spiro atoms. The van der Waals surface area contributed by atoms with Crippen molar-refractivity contribution < 1.29 is 9.59 Å². The van der Waals surface area contributed by atoms with Crippen LogP contribution in [-0.2, 0) is 0 Å². The van der Waals surface area contributed by atoms with E-state index < -0.39 is 0 Å². The van der Waals surface area contributed by atoms with Crippen LogP contribution in [0.4, 0.5) is 0 Å². The zero-order valence-corrected chi connectivity index (χ0v) is 9.55. The van der Waals surface area contributed by atoms with Gasteiger partial charge in [-0.3, -0.25) is 0 Å². The number of hydrogen-bond donors (Lipinski definition) is 1. The average Bonchev–Trinajstić information content (AvgIpc) is 1.30. The second-order valence-corrected chi connectivity index (χ2v) is 2.74. The number of hydrogen-bond acceptors (Lipinski definition) is 1. The third-order valence-electron chi connectivity index (χ3n) is 0.771. The van der Waals surface area contributed by atoms with Crippen molar-refractivity contribution in [2.75, 3.05) is 34.3 Å².